The third kappa shape index (κ3) is 3.77. The maximum absolute atomic E-state index is 11.0. The molecule has 0 radical (unpaired) electrons. The molecule has 2 aromatic rings. The molecule has 0 amide bonds. The Morgan fingerprint density at radius 2 is 1.81 bits per heavy atom. The van der Waals surface area contributed by atoms with Gasteiger partial charge >= 0.3 is 0 Å². The van der Waals surface area contributed by atoms with Crippen LogP contribution in [0.2, 0.25) is 0 Å². The molecule has 1 atom stereocenters. The number of para-hydroxylation sites is 1. The van der Waals surface area contributed by atoms with Crippen molar-refractivity contribution in [3.05, 3.63) is 58.6 Å². The van der Waals surface area contributed by atoms with Gasteiger partial charge in [0.05, 0.1) is 23.2 Å². The molecule has 0 fully saturated rings. The Morgan fingerprint density at radius 1 is 1.14 bits per heavy atom. The molecule has 0 aliphatic rings. The molecule has 0 aliphatic heterocycles. The summed E-state index contributed by atoms with van der Waals surface area (Å²) in [6.07, 6.45) is -0.820. The predicted octanol–water partition coefficient (Wildman–Crippen LogP) is 2.03. The molecule has 2 rings (SSSR count). The van der Waals surface area contributed by atoms with E-state index in [1.165, 1.54) is 6.07 Å². The summed E-state index contributed by atoms with van der Waals surface area (Å²) in [4.78, 5) is 10.6. The van der Waals surface area contributed by atoms with Gasteiger partial charge in [0.15, 0.2) is 0 Å². The Morgan fingerprint density at radius 3 is 2.43 bits per heavy atom. The Hall–Kier alpha value is -2.44. The number of anilines is 1. The fourth-order valence-corrected chi connectivity index (χ4v) is 1.94. The molecule has 110 valence electrons. The second-order valence-corrected chi connectivity index (χ2v) is 4.57. The van der Waals surface area contributed by atoms with Gasteiger partial charge in [-0.3, -0.25) is 10.1 Å². The zero-order chi connectivity index (χ0) is 15.2. The number of aliphatic hydroxyl groups excluding tert-OH is 2. The largest absolute Gasteiger partial charge is 0.394 e. The zero-order valence-corrected chi connectivity index (χ0v) is 11.3. The summed E-state index contributed by atoms with van der Waals surface area (Å²) in [7, 11) is 0. The normalized spacial score (nSPS) is 11.9. The second kappa shape index (κ2) is 6.83. The van der Waals surface area contributed by atoms with Crippen LogP contribution in [0, 0.1) is 10.1 Å². The van der Waals surface area contributed by atoms with E-state index in [2.05, 4.69) is 5.32 Å². The van der Waals surface area contributed by atoms with Gasteiger partial charge in [-0.2, -0.15) is 0 Å². The van der Waals surface area contributed by atoms with Crippen molar-refractivity contribution in [2.45, 2.75) is 6.10 Å². The SMILES string of the molecule is O=[N+]([O-])c1ccccc1-c1ccc(NCC(O)CO)cc1. The maximum atomic E-state index is 11.0. The van der Waals surface area contributed by atoms with Crippen LogP contribution in [0.15, 0.2) is 48.5 Å². The summed E-state index contributed by atoms with van der Waals surface area (Å²) in [6, 6.07) is 13.7. The number of nitrogens with one attached hydrogen (secondary N) is 1. The fraction of sp³-hybridized carbons (Fsp3) is 0.200. The number of benzene rings is 2. The third-order valence-electron chi connectivity index (χ3n) is 3.05. The van der Waals surface area contributed by atoms with Crippen molar-refractivity contribution in [3.63, 3.8) is 0 Å². The Kier molecular flexibility index (Phi) is 4.86. The summed E-state index contributed by atoms with van der Waals surface area (Å²) in [5, 5.41) is 32.0. The van der Waals surface area contributed by atoms with E-state index in [9.17, 15) is 15.2 Å². The molecule has 0 heterocycles. The van der Waals surface area contributed by atoms with E-state index in [0.717, 1.165) is 11.3 Å². The lowest BCUT2D eigenvalue weighted by Gasteiger charge is -2.10. The summed E-state index contributed by atoms with van der Waals surface area (Å²) >= 11 is 0. The molecular formula is C15H16N2O4. The highest BCUT2D eigenvalue weighted by Crippen LogP contribution is 2.30. The number of nitro benzene ring substituents is 1. The Labute approximate surface area is 121 Å². The van der Waals surface area contributed by atoms with Crippen LogP contribution in [0.25, 0.3) is 11.1 Å². The van der Waals surface area contributed by atoms with Crippen molar-refractivity contribution >= 4 is 11.4 Å². The van der Waals surface area contributed by atoms with Crippen LogP contribution in [0.3, 0.4) is 0 Å². The van der Waals surface area contributed by atoms with Gasteiger partial charge in [-0.1, -0.05) is 24.3 Å². The summed E-state index contributed by atoms with van der Waals surface area (Å²) in [5.41, 5.74) is 2.14. The minimum Gasteiger partial charge on any atom is -0.394 e. The molecule has 6 heteroatoms. The van der Waals surface area contributed by atoms with E-state index >= 15 is 0 Å². The van der Waals surface area contributed by atoms with Crippen LogP contribution in [0.4, 0.5) is 11.4 Å². The van der Waals surface area contributed by atoms with Gasteiger partial charge in [-0.05, 0) is 23.8 Å². The van der Waals surface area contributed by atoms with Crippen LogP contribution in [0.1, 0.15) is 0 Å². The molecule has 0 saturated carbocycles. The van der Waals surface area contributed by atoms with Crippen LogP contribution in [-0.2, 0) is 0 Å². The highest BCUT2D eigenvalue weighted by Gasteiger charge is 2.13. The van der Waals surface area contributed by atoms with Gasteiger partial charge < -0.3 is 15.5 Å². The number of rotatable bonds is 6. The first kappa shape index (κ1) is 15.0. The highest BCUT2D eigenvalue weighted by molar-refractivity contribution is 5.74. The topological polar surface area (TPSA) is 95.6 Å². The Balaban J connectivity index is 2.18. The highest BCUT2D eigenvalue weighted by atomic mass is 16.6. The van der Waals surface area contributed by atoms with Crippen LogP contribution >= 0.6 is 0 Å². The molecule has 0 aliphatic carbocycles. The first-order valence-corrected chi connectivity index (χ1v) is 6.48. The van der Waals surface area contributed by atoms with Crippen LogP contribution in [0.5, 0.6) is 0 Å². The average molecular weight is 288 g/mol. The van der Waals surface area contributed by atoms with Gasteiger partial charge in [0.2, 0.25) is 0 Å². The summed E-state index contributed by atoms with van der Waals surface area (Å²) < 4.78 is 0. The number of nitro groups is 1. The molecule has 21 heavy (non-hydrogen) atoms. The second-order valence-electron chi connectivity index (χ2n) is 4.57. The van der Waals surface area contributed by atoms with E-state index in [1.807, 2.05) is 0 Å². The molecule has 1 unspecified atom stereocenters. The number of nitrogens with zero attached hydrogens (tertiary/aromatic N) is 1. The van der Waals surface area contributed by atoms with Gasteiger partial charge in [-0.15, -0.1) is 0 Å². The maximum Gasteiger partial charge on any atom is 0.277 e. The van der Waals surface area contributed by atoms with Gasteiger partial charge in [0.1, 0.15) is 0 Å². The molecule has 0 spiro atoms. The van der Waals surface area contributed by atoms with Crippen LogP contribution in [-0.4, -0.2) is 34.4 Å². The predicted molar refractivity (Wildman–Crippen MR) is 80.1 cm³/mol. The number of hydrogen-bond acceptors (Lipinski definition) is 5. The molecule has 0 bridgehead atoms. The van der Waals surface area contributed by atoms with E-state index in [1.54, 1.807) is 42.5 Å². The lowest BCUT2D eigenvalue weighted by atomic mass is 10.0. The molecule has 2 aromatic carbocycles. The van der Waals surface area contributed by atoms with E-state index in [4.69, 9.17) is 5.11 Å². The minimum atomic E-state index is -0.820. The van der Waals surface area contributed by atoms with E-state index in [-0.39, 0.29) is 18.8 Å². The molecule has 6 nitrogen and oxygen atoms in total. The van der Waals surface area contributed by atoms with Crippen molar-refractivity contribution in [1.82, 2.24) is 0 Å². The first-order chi connectivity index (χ1) is 10.1. The van der Waals surface area contributed by atoms with E-state index in [0.29, 0.717) is 5.56 Å². The lowest BCUT2D eigenvalue weighted by Crippen LogP contribution is -2.22. The van der Waals surface area contributed by atoms with Crippen molar-refractivity contribution in [1.29, 1.82) is 0 Å². The average Bonchev–Trinajstić information content (AvgIpc) is 2.53. The van der Waals surface area contributed by atoms with Gasteiger partial charge in [-0.25, -0.2) is 0 Å². The number of hydrogen-bond donors (Lipinski definition) is 3. The minimum absolute atomic E-state index is 0.0638. The van der Waals surface area contributed by atoms with Crippen molar-refractivity contribution in [2.24, 2.45) is 0 Å². The lowest BCUT2D eigenvalue weighted by molar-refractivity contribution is -0.384. The Bertz CT molecular complexity index is 613. The molecule has 3 N–H and O–H groups in total. The zero-order valence-electron chi connectivity index (χ0n) is 11.3. The van der Waals surface area contributed by atoms with Crippen molar-refractivity contribution in [3.8, 4) is 11.1 Å². The smallest absolute Gasteiger partial charge is 0.277 e. The third-order valence-corrected chi connectivity index (χ3v) is 3.05. The monoisotopic (exact) mass is 288 g/mol. The summed E-state index contributed by atoms with van der Waals surface area (Å²) in [6.45, 7) is -0.0668. The fourth-order valence-electron chi connectivity index (χ4n) is 1.94. The van der Waals surface area contributed by atoms with E-state index < -0.39 is 11.0 Å². The number of aliphatic hydroxyl groups is 2. The molecular weight excluding hydrogens is 272 g/mol. The summed E-state index contributed by atoms with van der Waals surface area (Å²) in [5.74, 6) is 0. The molecule has 0 aromatic heterocycles. The quantitative estimate of drug-likeness (QED) is 0.558. The molecule has 0 saturated heterocycles. The van der Waals surface area contributed by atoms with Crippen LogP contribution < -0.4 is 5.32 Å². The van der Waals surface area contributed by atoms with Gasteiger partial charge in [0, 0.05) is 18.3 Å². The standard InChI is InChI=1S/C15H16N2O4/c18-10-13(19)9-16-12-7-5-11(6-8-12)14-3-1-2-4-15(14)17(20)21/h1-8,13,16,18-19H,9-10H2. The van der Waals surface area contributed by atoms with Gasteiger partial charge in [0.25, 0.3) is 5.69 Å². The van der Waals surface area contributed by atoms with Crippen molar-refractivity contribution < 1.29 is 15.1 Å². The van der Waals surface area contributed by atoms with Crippen molar-refractivity contribution in [2.75, 3.05) is 18.5 Å². The first-order valence-electron chi connectivity index (χ1n) is 6.48.